The highest BCUT2D eigenvalue weighted by Gasteiger charge is 2.18. The smallest absolute Gasteiger partial charge is 0.341 e. The first-order valence-corrected chi connectivity index (χ1v) is 8.94. The van der Waals surface area contributed by atoms with Crippen LogP contribution >= 0.6 is 0 Å². The normalized spacial score (nSPS) is 10.2. The van der Waals surface area contributed by atoms with E-state index in [2.05, 4.69) is 6.58 Å². The molecule has 2 aromatic carbocycles. The van der Waals surface area contributed by atoms with E-state index in [-0.39, 0.29) is 5.91 Å². The molecule has 0 aliphatic heterocycles. The van der Waals surface area contributed by atoms with Gasteiger partial charge in [-0.25, -0.2) is 4.79 Å². The van der Waals surface area contributed by atoms with Crippen LogP contribution in [0.5, 0.6) is 17.2 Å². The highest BCUT2D eigenvalue weighted by atomic mass is 16.5. The van der Waals surface area contributed by atoms with Crippen molar-refractivity contribution in [3.63, 3.8) is 0 Å². The second-order valence-electron chi connectivity index (χ2n) is 6.35. The molecule has 0 aromatic heterocycles. The van der Waals surface area contributed by atoms with Gasteiger partial charge in [-0.05, 0) is 36.2 Å². The molecule has 7 heteroatoms. The largest absolute Gasteiger partial charge is 0.493 e. The Bertz CT molecular complexity index is 876. The van der Waals surface area contributed by atoms with Crippen molar-refractivity contribution in [2.24, 2.45) is 0 Å². The Balaban J connectivity index is 2.16. The zero-order valence-corrected chi connectivity index (χ0v) is 16.8. The third-order valence-corrected chi connectivity index (χ3v) is 4.22. The second-order valence-corrected chi connectivity index (χ2v) is 6.35. The summed E-state index contributed by atoms with van der Waals surface area (Å²) in [6.07, 6.45) is 2.28. The summed E-state index contributed by atoms with van der Waals surface area (Å²) < 4.78 is 15.9. The predicted octanol–water partition coefficient (Wildman–Crippen LogP) is 3.17. The number of allylic oxidation sites excluding steroid dienone is 1. The van der Waals surface area contributed by atoms with E-state index in [0.717, 1.165) is 11.1 Å². The van der Waals surface area contributed by atoms with E-state index in [4.69, 9.17) is 19.3 Å². The Morgan fingerprint density at radius 1 is 1.14 bits per heavy atom. The lowest BCUT2D eigenvalue weighted by atomic mass is 10.0. The van der Waals surface area contributed by atoms with Gasteiger partial charge in [-0.2, -0.15) is 0 Å². The van der Waals surface area contributed by atoms with Crippen molar-refractivity contribution >= 4 is 11.9 Å². The molecule has 1 N–H and O–H groups in total. The minimum absolute atomic E-state index is 0.164. The molecule has 1 amide bonds. The lowest BCUT2D eigenvalue weighted by molar-refractivity contribution is -0.139. The van der Waals surface area contributed by atoms with Crippen LogP contribution in [0.15, 0.2) is 49.1 Å². The molecule has 0 unspecified atom stereocenters. The number of methoxy groups -OCH3 is 2. The number of carboxylic acids is 1. The summed E-state index contributed by atoms with van der Waals surface area (Å²) in [5, 5.41) is 8.65. The number of hydrogen-bond donors (Lipinski definition) is 1. The summed E-state index contributed by atoms with van der Waals surface area (Å²) in [5.41, 5.74) is 2.19. The van der Waals surface area contributed by atoms with Gasteiger partial charge >= 0.3 is 5.97 Å². The van der Waals surface area contributed by atoms with Crippen LogP contribution in [0.1, 0.15) is 21.5 Å². The van der Waals surface area contributed by atoms with Gasteiger partial charge in [-0.15, -0.1) is 6.58 Å². The maximum atomic E-state index is 12.9. The minimum Gasteiger partial charge on any atom is -0.493 e. The first-order valence-electron chi connectivity index (χ1n) is 8.94. The highest BCUT2D eigenvalue weighted by molar-refractivity contribution is 5.95. The third kappa shape index (κ3) is 5.75. The van der Waals surface area contributed by atoms with Gasteiger partial charge in [0.2, 0.25) is 0 Å². The monoisotopic (exact) mass is 399 g/mol. The molecule has 2 aromatic rings. The van der Waals surface area contributed by atoms with Crippen molar-refractivity contribution < 1.29 is 28.9 Å². The first-order chi connectivity index (χ1) is 13.9. The summed E-state index contributed by atoms with van der Waals surface area (Å²) in [7, 11) is 4.80. The van der Waals surface area contributed by atoms with Gasteiger partial charge in [0, 0.05) is 24.7 Å². The van der Waals surface area contributed by atoms with E-state index in [9.17, 15) is 9.59 Å². The van der Waals surface area contributed by atoms with Crippen LogP contribution in [-0.4, -0.2) is 49.8 Å². The van der Waals surface area contributed by atoms with Crippen LogP contribution < -0.4 is 14.2 Å². The number of carbonyl (C=O) groups is 2. The van der Waals surface area contributed by atoms with Crippen LogP contribution in [0.4, 0.5) is 0 Å². The number of hydrogen-bond acceptors (Lipinski definition) is 5. The average molecular weight is 399 g/mol. The Labute approximate surface area is 170 Å². The van der Waals surface area contributed by atoms with Crippen LogP contribution in [0.2, 0.25) is 0 Å². The first kappa shape index (κ1) is 21.8. The molecular weight excluding hydrogens is 374 g/mol. The number of ether oxygens (including phenoxy) is 3. The van der Waals surface area contributed by atoms with E-state index >= 15 is 0 Å². The molecule has 0 bridgehead atoms. The molecule has 0 heterocycles. The fourth-order valence-electron chi connectivity index (χ4n) is 2.88. The van der Waals surface area contributed by atoms with Crippen molar-refractivity contribution in [3.05, 3.63) is 65.7 Å². The number of rotatable bonds is 10. The Morgan fingerprint density at radius 2 is 1.83 bits per heavy atom. The summed E-state index contributed by atoms with van der Waals surface area (Å²) >= 11 is 0. The van der Waals surface area contributed by atoms with Gasteiger partial charge in [-0.1, -0.05) is 18.2 Å². The molecule has 0 radical (unpaired) electrons. The van der Waals surface area contributed by atoms with Gasteiger partial charge in [-0.3, -0.25) is 4.79 Å². The van der Waals surface area contributed by atoms with Crippen LogP contribution in [-0.2, 0) is 17.8 Å². The van der Waals surface area contributed by atoms with Gasteiger partial charge < -0.3 is 24.2 Å². The van der Waals surface area contributed by atoms with Crippen molar-refractivity contribution in [2.45, 2.75) is 13.0 Å². The molecule has 0 saturated carbocycles. The maximum Gasteiger partial charge on any atom is 0.341 e. The lowest BCUT2D eigenvalue weighted by Crippen LogP contribution is -2.26. The fraction of sp³-hybridized carbons (Fsp3) is 0.273. The second kappa shape index (κ2) is 10.2. The number of amides is 1. The average Bonchev–Trinajstić information content (AvgIpc) is 2.72. The van der Waals surface area contributed by atoms with Crippen LogP contribution in [0.25, 0.3) is 0 Å². The SMILES string of the molecule is C=CCc1cc(C(=O)N(C)Cc2ccc(OCC(=O)O)cc2)cc(OC)c1OC. The Kier molecular flexibility index (Phi) is 7.65. The molecule has 29 heavy (non-hydrogen) atoms. The molecule has 0 saturated heterocycles. The number of aliphatic carboxylic acids is 1. The molecular formula is C22H25NO6. The van der Waals surface area contributed by atoms with Crippen molar-refractivity contribution in [1.29, 1.82) is 0 Å². The summed E-state index contributed by atoms with van der Waals surface area (Å²) in [6, 6.07) is 10.4. The fourth-order valence-corrected chi connectivity index (χ4v) is 2.88. The third-order valence-electron chi connectivity index (χ3n) is 4.22. The number of carboxylic acid groups (broad SMARTS) is 1. The molecule has 0 fully saturated rings. The molecule has 7 nitrogen and oxygen atoms in total. The standard InChI is InChI=1S/C22H25NO6/c1-5-6-16-11-17(12-19(27-3)21(16)28-4)22(26)23(2)13-15-7-9-18(10-8-15)29-14-20(24)25/h5,7-12H,1,6,13-14H2,2-4H3,(H,24,25). The van der Waals surface area contributed by atoms with E-state index in [1.807, 2.05) is 0 Å². The topological polar surface area (TPSA) is 85.3 Å². The van der Waals surface area contributed by atoms with Crippen molar-refractivity contribution in [2.75, 3.05) is 27.9 Å². The summed E-state index contributed by atoms with van der Waals surface area (Å²) in [5.74, 6) is 0.332. The van der Waals surface area contributed by atoms with Gasteiger partial charge in [0.05, 0.1) is 14.2 Å². The van der Waals surface area contributed by atoms with E-state index < -0.39 is 12.6 Å². The zero-order valence-electron chi connectivity index (χ0n) is 16.8. The zero-order chi connectivity index (χ0) is 21.4. The molecule has 2 rings (SSSR count). The van der Waals surface area contributed by atoms with Gasteiger partial charge in [0.15, 0.2) is 18.1 Å². The summed E-state index contributed by atoms with van der Waals surface area (Å²) in [4.78, 5) is 25.1. The minimum atomic E-state index is -1.04. The number of carbonyl (C=O) groups excluding carboxylic acids is 1. The lowest BCUT2D eigenvalue weighted by Gasteiger charge is -2.20. The maximum absolute atomic E-state index is 12.9. The van der Waals surface area contributed by atoms with Crippen molar-refractivity contribution in [1.82, 2.24) is 4.90 Å². The van der Waals surface area contributed by atoms with Crippen molar-refractivity contribution in [3.8, 4) is 17.2 Å². The van der Waals surface area contributed by atoms with E-state index in [0.29, 0.717) is 35.8 Å². The predicted molar refractivity (Wildman–Crippen MR) is 109 cm³/mol. The van der Waals surface area contributed by atoms with Gasteiger partial charge in [0.25, 0.3) is 5.91 Å². The van der Waals surface area contributed by atoms with Gasteiger partial charge in [0.1, 0.15) is 5.75 Å². The number of benzene rings is 2. The molecule has 0 aliphatic carbocycles. The quantitative estimate of drug-likeness (QED) is 0.618. The Morgan fingerprint density at radius 3 is 2.38 bits per heavy atom. The van der Waals surface area contributed by atoms with E-state index in [1.165, 1.54) is 7.11 Å². The number of nitrogens with zero attached hydrogens (tertiary/aromatic N) is 1. The van der Waals surface area contributed by atoms with Crippen LogP contribution in [0, 0.1) is 0 Å². The van der Waals surface area contributed by atoms with E-state index in [1.54, 1.807) is 61.5 Å². The molecule has 0 atom stereocenters. The van der Waals surface area contributed by atoms with Crippen LogP contribution in [0.3, 0.4) is 0 Å². The molecule has 154 valence electrons. The highest BCUT2D eigenvalue weighted by Crippen LogP contribution is 2.33. The Hall–Kier alpha value is -3.48. The summed E-state index contributed by atoms with van der Waals surface area (Å²) in [6.45, 7) is 3.73. The molecule has 0 aliphatic rings. The molecule has 0 spiro atoms.